The Labute approximate surface area is 192 Å². The summed E-state index contributed by atoms with van der Waals surface area (Å²) >= 11 is 0. The maximum absolute atomic E-state index is 12.6. The molecular formula is C29H48O2. The summed E-state index contributed by atoms with van der Waals surface area (Å²) in [7, 11) is 0. The van der Waals surface area contributed by atoms with E-state index in [1.54, 1.807) is 0 Å². The summed E-state index contributed by atoms with van der Waals surface area (Å²) in [5.41, 5.74) is 0. The molecule has 0 saturated heterocycles. The SMILES string of the molecule is CCCCCC1CCC(C#CC2CCC(OC(=O)C3CCC(CCC)CC3)CC2)CC1. The Morgan fingerprint density at radius 2 is 1.23 bits per heavy atom. The van der Waals surface area contributed by atoms with E-state index in [1.165, 1.54) is 77.0 Å². The van der Waals surface area contributed by atoms with Crippen LogP contribution in [-0.4, -0.2) is 12.1 Å². The van der Waals surface area contributed by atoms with E-state index < -0.39 is 0 Å². The molecule has 3 saturated carbocycles. The van der Waals surface area contributed by atoms with Crippen LogP contribution >= 0.6 is 0 Å². The summed E-state index contributed by atoms with van der Waals surface area (Å²) < 4.78 is 5.93. The molecule has 0 unspecified atom stereocenters. The zero-order chi connectivity index (χ0) is 21.9. The van der Waals surface area contributed by atoms with Gasteiger partial charge in [-0.15, -0.1) is 0 Å². The van der Waals surface area contributed by atoms with Gasteiger partial charge in [0.2, 0.25) is 0 Å². The fourth-order valence-electron chi connectivity index (χ4n) is 6.19. The van der Waals surface area contributed by atoms with Crippen molar-refractivity contribution >= 4 is 5.97 Å². The number of hydrogen-bond acceptors (Lipinski definition) is 2. The molecule has 3 aliphatic rings. The van der Waals surface area contributed by atoms with Crippen molar-refractivity contribution in [1.82, 2.24) is 0 Å². The number of ether oxygens (including phenoxy) is 1. The molecule has 0 radical (unpaired) electrons. The molecule has 0 spiro atoms. The van der Waals surface area contributed by atoms with E-state index >= 15 is 0 Å². The van der Waals surface area contributed by atoms with Gasteiger partial charge in [0.15, 0.2) is 0 Å². The third-order valence-electron chi connectivity index (χ3n) is 8.39. The van der Waals surface area contributed by atoms with E-state index in [0.717, 1.165) is 50.4 Å². The molecular weight excluding hydrogens is 380 g/mol. The van der Waals surface area contributed by atoms with E-state index in [0.29, 0.717) is 11.8 Å². The number of unbranched alkanes of at least 4 members (excludes halogenated alkanes) is 2. The lowest BCUT2D eigenvalue weighted by molar-refractivity contribution is -0.157. The van der Waals surface area contributed by atoms with Crippen LogP contribution in [0.25, 0.3) is 0 Å². The van der Waals surface area contributed by atoms with Crippen molar-refractivity contribution in [2.45, 2.75) is 136 Å². The van der Waals surface area contributed by atoms with Gasteiger partial charge < -0.3 is 4.74 Å². The predicted octanol–water partition coefficient (Wildman–Crippen LogP) is 8.09. The highest BCUT2D eigenvalue weighted by Crippen LogP contribution is 2.34. The molecule has 3 fully saturated rings. The van der Waals surface area contributed by atoms with Crippen molar-refractivity contribution < 1.29 is 9.53 Å². The van der Waals surface area contributed by atoms with Crippen LogP contribution in [0.4, 0.5) is 0 Å². The van der Waals surface area contributed by atoms with E-state index in [-0.39, 0.29) is 18.0 Å². The summed E-state index contributed by atoms with van der Waals surface area (Å²) in [6, 6.07) is 0. The fraction of sp³-hybridized carbons (Fsp3) is 0.897. The first-order chi connectivity index (χ1) is 15.2. The van der Waals surface area contributed by atoms with Crippen molar-refractivity contribution in [2.24, 2.45) is 29.6 Å². The number of carbonyl (C=O) groups excluding carboxylic acids is 1. The summed E-state index contributed by atoms with van der Waals surface area (Å²) in [5.74, 6) is 10.5. The minimum atomic E-state index is 0.0974. The molecule has 0 aromatic carbocycles. The van der Waals surface area contributed by atoms with Gasteiger partial charge >= 0.3 is 5.97 Å². The zero-order valence-electron chi connectivity index (χ0n) is 20.5. The summed E-state index contributed by atoms with van der Waals surface area (Å²) in [6.07, 6.45) is 22.6. The third kappa shape index (κ3) is 8.47. The van der Waals surface area contributed by atoms with Gasteiger partial charge in [0, 0.05) is 11.8 Å². The van der Waals surface area contributed by atoms with Crippen LogP contribution in [0.1, 0.15) is 129 Å². The molecule has 0 aliphatic heterocycles. The standard InChI is InChI=1S/C29H48O2/c1-3-5-6-8-24-9-11-25(12-10-24)13-14-26-17-21-28(22-18-26)31-29(30)27-19-15-23(7-4-2)16-20-27/h23-28H,3-12,15-22H2,1-2H3. The maximum atomic E-state index is 12.6. The molecule has 0 heterocycles. The van der Waals surface area contributed by atoms with Crippen LogP contribution < -0.4 is 0 Å². The minimum Gasteiger partial charge on any atom is -0.462 e. The predicted molar refractivity (Wildman–Crippen MR) is 130 cm³/mol. The number of hydrogen-bond donors (Lipinski definition) is 0. The molecule has 0 bridgehead atoms. The molecule has 0 aromatic heterocycles. The Morgan fingerprint density at radius 1 is 0.677 bits per heavy atom. The second kappa shape index (κ2) is 13.5. The van der Waals surface area contributed by atoms with Gasteiger partial charge in [-0.1, -0.05) is 64.2 Å². The molecule has 2 heteroatoms. The summed E-state index contributed by atoms with van der Waals surface area (Å²) in [4.78, 5) is 12.6. The Morgan fingerprint density at radius 3 is 1.81 bits per heavy atom. The van der Waals surface area contributed by atoms with Crippen LogP contribution in [0.5, 0.6) is 0 Å². The molecule has 2 nitrogen and oxygen atoms in total. The highest BCUT2D eigenvalue weighted by Gasteiger charge is 2.30. The van der Waals surface area contributed by atoms with Gasteiger partial charge in [-0.2, -0.15) is 0 Å². The second-order valence-corrected chi connectivity index (χ2v) is 10.9. The van der Waals surface area contributed by atoms with Crippen molar-refractivity contribution in [3.05, 3.63) is 0 Å². The Hall–Kier alpha value is -0.970. The number of carbonyl (C=O) groups is 1. The molecule has 31 heavy (non-hydrogen) atoms. The van der Waals surface area contributed by atoms with Crippen LogP contribution in [-0.2, 0) is 9.53 Å². The Bertz CT molecular complexity index is 561. The quantitative estimate of drug-likeness (QED) is 0.222. The molecule has 0 N–H and O–H groups in total. The topological polar surface area (TPSA) is 26.3 Å². The van der Waals surface area contributed by atoms with E-state index in [2.05, 4.69) is 25.7 Å². The molecule has 176 valence electrons. The first kappa shape index (κ1) is 24.7. The monoisotopic (exact) mass is 428 g/mol. The Balaban J connectivity index is 1.30. The largest absolute Gasteiger partial charge is 0.462 e. The Kier molecular flexibility index (Phi) is 10.8. The van der Waals surface area contributed by atoms with Gasteiger partial charge in [0.05, 0.1) is 5.92 Å². The van der Waals surface area contributed by atoms with Gasteiger partial charge in [-0.25, -0.2) is 0 Å². The van der Waals surface area contributed by atoms with Gasteiger partial charge in [-0.05, 0) is 88.9 Å². The molecule has 3 aliphatic carbocycles. The number of esters is 1. The van der Waals surface area contributed by atoms with Crippen molar-refractivity contribution in [1.29, 1.82) is 0 Å². The molecule has 0 atom stereocenters. The first-order valence-electron chi connectivity index (χ1n) is 13.9. The average molecular weight is 429 g/mol. The molecule has 0 amide bonds. The van der Waals surface area contributed by atoms with Crippen molar-refractivity contribution in [3.8, 4) is 11.8 Å². The van der Waals surface area contributed by atoms with Crippen molar-refractivity contribution in [3.63, 3.8) is 0 Å². The van der Waals surface area contributed by atoms with Crippen LogP contribution in [0.3, 0.4) is 0 Å². The highest BCUT2D eigenvalue weighted by atomic mass is 16.5. The summed E-state index contributed by atoms with van der Waals surface area (Å²) in [5, 5.41) is 0. The van der Waals surface area contributed by atoms with Crippen LogP contribution in [0, 0.1) is 41.4 Å². The smallest absolute Gasteiger partial charge is 0.309 e. The highest BCUT2D eigenvalue weighted by molar-refractivity contribution is 5.72. The first-order valence-corrected chi connectivity index (χ1v) is 13.9. The van der Waals surface area contributed by atoms with Gasteiger partial charge in [-0.3, -0.25) is 4.79 Å². The second-order valence-electron chi connectivity index (χ2n) is 10.9. The fourth-order valence-corrected chi connectivity index (χ4v) is 6.19. The summed E-state index contributed by atoms with van der Waals surface area (Å²) in [6.45, 7) is 4.56. The van der Waals surface area contributed by atoms with Gasteiger partial charge in [0.25, 0.3) is 0 Å². The number of rotatable bonds is 8. The van der Waals surface area contributed by atoms with Crippen LogP contribution in [0.2, 0.25) is 0 Å². The lowest BCUT2D eigenvalue weighted by atomic mass is 9.79. The van der Waals surface area contributed by atoms with Gasteiger partial charge in [0.1, 0.15) is 6.10 Å². The van der Waals surface area contributed by atoms with E-state index in [9.17, 15) is 4.79 Å². The van der Waals surface area contributed by atoms with Crippen LogP contribution in [0.15, 0.2) is 0 Å². The molecule has 3 rings (SSSR count). The maximum Gasteiger partial charge on any atom is 0.309 e. The van der Waals surface area contributed by atoms with E-state index in [1.807, 2.05) is 0 Å². The van der Waals surface area contributed by atoms with Crippen molar-refractivity contribution in [2.75, 3.05) is 0 Å². The lowest BCUT2D eigenvalue weighted by Gasteiger charge is -2.30. The van der Waals surface area contributed by atoms with E-state index in [4.69, 9.17) is 4.74 Å². The molecule has 0 aromatic rings. The minimum absolute atomic E-state index is 0.0974. The zero-order valence-corrected chi connectivity index (χ0v) is 20.5. The average Bonchev–Trinajstić information content (AvgIpc) is 2.80. The normalized spacial score (nSPS) is 33.9. The lowest BCUT2D eigenvalue weighted by Crippen LogP contribution is -2.30. The third-order valence-corrected chi connectivity index (χ3v) is 8.39.